The Labute approximate surface area is 158 Å². The maximum Gasteiger partial charge on any atom is 0.214 e. The number of nitrogens with zero attached hydrogens (tertiary/aromatic N) is 1. The van der Waals surface area contributed by atoms with Gasteiger partial charge < -0.3 is 4.90 Å². The maximum atomic E-state index is 14.0. The largest absolute Gasteiger partial charge is 0.370 e. The molecule has 1 aliphatic heterocycles. The molecule has 0 saturated carbocycles. The number of pyridine rings is 1. The van der Waals surface area contributed by atoms with E-state index in [1.165, 1.54) is 18.3 Å². The van der Waals surface area contributed by atoms with E-state index in [9.17, 15) is 12.8 Å². The summed E-state index contributed by atoms with van der Waals surface area (Å²) in [7, 11) is -3.73. The standard InChI is InChI=1S/C21H21FN2O2S/c1-15-9-11-24(12-10-15)21-18-13-16(22)7-8-19(18)23-14-20(21)27(25,26)17-5-3-2-4-6-17/h2-8,13-15H,9-12H2,1H3/p+1. The number of aromatic nitrogens is 1. The average Bonchev–Trinajstić information content (AvgIpc) is 2.68. The van der Waals surface area contributed by atoms with Gasteiger partial charge >= 0.3 is 0 Å². The molecule has 140 valence electrons. The number of H-pyrrole nitrogens is 1. The first kappa shape index (κ1) is 17.9. The Morgan fingerprint density at radius 2 is 1.78 bits per heavy atom. The number of benzene rings is 2. The zero-order chi connectivity index (χ0) is 19.0. The van der Waals surface area contributed by atoms with E-state index in [0.717, 1.165) is 31.4 Å². The molecule has 6 heteroatoms. The van der Waals surface area contributed by atoms with Gasteiger partial charge in [0.15, 0.2) is 11.1 Å². The summed E-state index contributed by atoms with van der Waals surface area (Å²) in [5.41, 5.74) is 1.32. The van der Waals surface area contributed by atoms with Crippen molar-refractivity contribution < 1.29 is 17.8 Å². The van der Waals surface area contributed by atoms with Gasteiger partial charge in [-0.3, -0.25) is 0 Å². The Hall–Kier alpha value is -2.47. The third-order valence-corrected chi connectivity index (χ3v) is 7.05. The Morgan fingerprint density at radius 3 is 2.48 bits per heavy atom. The summed E-state index contributed by atoms with van der Waals surface area (Å²) >= 11 is 0. The number of hydrogen-bond acceptors (Lipinski definition) is 3. The number of hydrogen-bond donors (Lipinski definition) is 0. The summed E-state index contributed by atoms with van der Waals surface area (Å²) in [5, 5.41) is 0.599. The lowest BCUT2D eigenvalue weighted by Gasteiger charge is -2.33. The van der Waals surface area contributed by atoms with Gasteiger partial charge in [-0.1, -0.05) is 25.1 Å². The van der Waals surface area contributed by atoms with Crippen LogP contribution in [0.5, 0.6) is 0 Å². The highest BCUT2D eigenvalue weighted by Gasteiger charge is 2.30. The highest BCUT2D eigenvalue weighted by molar-refractivity contribution is 7.91. The molecule has 0 aliphatic carbocycles. The summed E-state index contributed by atoms with van der Waals surface area (Å²) in [6, 6.07) is 12.8. The predicted octanol–water partition coefficient (Wildman–Crippen LogP) is 3.86. The lowest BCUT2D eigenvalue weighted by atomic mass is 9.98. The molecule has 1 N–H and O–H groups in total. The van der Waals surface area contributed by atoms with Crippen LogP contribution in [0.1, 0.15) is 19.8 Å². The first-order chi connectivity index (χ1) is 13.0. The van der Waals surface area contributed by atoms with Crippen LogP contribution in [-0.4, -0.2) is 21.5 Å². The minimum atomic E-state index is -3.73. The van der Waals surface area contributed by atoms with Crippen LogP contribution in [0.3, 0.4) is 0 Å². The number of aromatic amines is 1. The number of fused-ring (bicyclic) bond motifs is 1. The number of nitrogens with one attached hydrogen (secondary N) is 1. The number of halogens is 1. The summed E-state index contributed by atoms with van der Waals surface area (Å²) < 4.78 is 40.7. The lowest BCUT2D eigenvalue weighted by molar-refractivity contribution is -0.347. The highest BCUT2D eigenvalue weighted by Crippen LogP contribution is 2.36. The first-order valence-corrected chi connectivity index (χ1v) is 10.6. The van der Waals surface area contributed by atoms with Gasteiger partial charge in [-0.25, -0.2) is 17.8 Å². The molecule has 1 aliphatic rings. The molecule has 3 aromatic rings. The van der Waals surface area contributed by atoms with E-state index >= 15 is 0 Å². The minimum absolute atomic E-state index is 0.196. The molecular weight excluding hydrogens is 363 g/mol. The molecule has 0 radical (unpaired) electrons. The fraction of sp³-hybridized carbons (Fsp3) is 0.286. The Balaban J connectivity index is 1.96. The second-order valence-electron chi connectivity index (χ2n) is 7.18. The predicted molar refractivity (Wildman–Crippen MR) is 103 cm³/mol. The highest BCUT2D eigenvalue weighted by atomic mass is 32.2. The van der Waals surface area contributed by atoms with Gasteiger partial charge in [0.2, 0.25) is 15.4 Å². The Kier molecular flexibility index (Phi) is 4.60. The molecule has 0 unspecified atom stereocenters. The molecule has 1 saturated heterocycles. The van der Waals surface area contributed by atoms with Gasteiger partial charge in [-0.15, -0.1) is 0 Å². The zero-order valence-electron chi connectivity index (χ0n) is 15.2. The van der Waals surface area contributed by atoms with Crippen LogP contribution in [0.25, 0.3) is 10.9 Å². The van der Waals surface area contributed by atoms with Gasteiger partial charge in [-0.2, -0.15) is 0 Å². The minimum Gasteiger partial charge on any atom is -0.370 e. The third-order valence-electron chi connectivity index (χ3n) is 5.27. The van der Waals surface area contributed by atoms with Crippen LogP contribution in [0.15, 0.2) is 64.5 Å². The van der Waals surface area contributed by atoms with Crippen LogP contribution < -0.4 is 9.88 Å². The van der Waals surface area contributed by atoms with Crippen molar-refractivity contribution in [3.05, 3.63) is 60.5 Å². The van der Waals surface area contributed by atoms with Gasteiger partial charge in [0, 0.05) is 19.2 Å². The van der Waals surface area contributed by atoms with Crippen LogP contribution >= 0.6 is 0 Å². The molecule has 2 heterocycles. The molecule has 2 aromatic carbocycles. The van der Waals surface area contributed by atoms with E-state index in [1.807, 2.05) is 0 Å². The Bertz CT molecular complexity index is 1080. The normalized spacial score (nSPS) is 16.0. The summed E-state index contributed by atoms with van der Waals surface area (Å²) in [6.07, 6.45) is 3.51. The first-order valence-electron chi connectivity index (χ1n) is 9.16. The molecule has 0 atom stereocenters. The molecule has 0 spiro atoms. The van der Waals surface area contributed by atoms with Gasteiger partial charge in [0.05, 0.1) is 16.0 Å². The number of piperidine rings is 1. The van der Waals surface area contributed by atoms with Crippen LogP contribution in [0.2, 0.25) is 0 Å². The third kappa shape index (κ3) is 3.30. The smallest absolute Gasteiger partial charge is 0.214 e. The van der Waals surface area contributed by atoms with Gasteiger partial charge in [-0.05, 0) is 43.0 Å². The van der Waals surface area contributed by atoms with Crippen molar-refractivity contribution in [1.82, 2.24) is 0 Å². The SMILES string of the molecule is CC1CCN(c2c(S(=O)(=O)c3ccccc3)c[nH+]c3ccc(F)cc23)CC1. The van der Waals surface area contributed by atoms with E-state index < -0.39 is 9.84 Å². The van der Waals surface area contributed by atoms with Crippen molar-refractivity contribution in [3.8, 4) is 0 Å². The quantitative estimate of drug-likeness (QED) is 0.688. The molecular formula is C21H22FN2O2S+. The summed E-state index contributed by atoms with van der Waals surface area (Å²) in [6.45, 7) is 3.72. The fourth-order valence-electron chi connectivity index (χ4n) is 3.67. The van der Waals surface area contributed by atoms with Crippen molar-refractivity contribution in [1.29, 1.82) is 0 Å². The van der Waals surface area contributed by atoms with Crippen molar-refractivity contribution in [2.75, 3.05) is 18.0 Å². The van der Waals surface area contributed by atoms with E-state index in [2.05, 4.69) is 16.8 Å². The number of anilines is 1. The average molecular weight is 385 g/mol. The zero-order valence-corrected chi connectivity index (χ0v) is 16.0. The van der Waals surface area contributed by atoms with Crippen molar-refractivity contribution in [3.63, 3.8) is 0 Å². The summed E-state index contributed by atoms with van der Waals surface area (Å²) in [5.74, 6) is 0.227. The molecule has 4 nitrogen and oxygen atoms in total. The molecule has 1 aromatic heterocycles. The van der Waals surface area contributed by atoms with Gasteiger partial charge in [0.1, 0.15) is 5.82 Å². The second-order valence-corrected chi connectivity index (χ2v) is 9.10. The van der Waals surface area contributed by atoms with Crippen LogP contribution in [0.4, 0.5) is 10.1 Å². The lowest BCUT2D eigenvalue weighted by Crippen LogP contribution is -2.34. The van der Waals surface area contributed by atoms with Crippen molar-refractivity contribution in [2.45, 2.75) is 29.6 Å². The van der Waals surface area contributed by atoms with E-state index in [4.69, 9.17) is 0 Å². The number of rotatable bonds is 3. The molecule has 0 amide bonds. The monoisotopic (exact) mass is 385 g/mol. The topological polar surface area (TPSA) is 51.5 Å². The molecule has 27 heavy (non-hydrogen) atoms. The van der Waals surface area contributed by atoms with E-state index in [1.54, 1.807) is 36.4 Å². The fourth-order valence-corrected chi connectivity index (χ4v) is 5.15. The van der Waals surface area contributed by atoms with Crippen LogP contribution in [0, 0.1) is 11.7 Å². The summed E-state index contributed by atoms with van der Waals surface area (Å²) in [4.78, 5) is 5.56. The van der Waals surface area contributed by atoms with E-state index in [-0.39, 0.29) is 15.6 Å². The molecule has 0 bridgehead atoms. The number of sulfone groups is 1. The van der Waals surface area contributed by atoms with Crippen molar-refractivity contribution in [2.24, 2.45) is 5.92 Å². The Morgan fingerprint density at radius 1 is 1.07 bits per heavy atom. The molecule has 1 fully saturated rings. The second kappa shape index (κ2) is 6.93. The maximum absolute atomic E-state index is 14.0. The van der Waals surface area contributed by atoms with Gasteiger partial charge in [0.25, 0.3) is 0 Å². The van der Waals surface area contributed by atoms with Crippen LogP contribution in [-0.2, 0) is 9.84 Å². The van der Waals surface area contributed by atoms with Crippen molar-refractivity contribution >= 4 is 26.4 Å². The molecule has 4 rings (SSSR count). The van der Waals surface area contributed by atoms with E-state index in [0.29, 0.717) is 17.0 Å².